The molecule has 2 N–H and O–H groups in total. The van der Waals surface area contributed by atoms with E-state index in [1.54, 1.807) is 4.90 Å². The number of carbonyl (C=O) groups excluding carboxylic acids is 1. The maximum absolute atomic E-state index is 11.5. The number of hydrogen-bond acceptors (Lipinski definition) is 6. The van der Waals surface area contributed by atoms with Gasteiger partial charge in [0.1, 0.15) is 0 Å². The van der Waals surface area contributed by atoms with E-state index in [9.17, 15) is 4.79 Å². The molecule has 0 unspecified atom stereocenters. The van der Waals surface area contributed by atoms with Crippen LogP contribution in [0.25, 0.3) is 0 Å². The number of amides is 1. The average molecular weight is 299 g/mol. The van der Waals surface area contributed by atoms with Gasteiger partial charge in [-0.15, -0.1) is 0 Å². The molecule has 1 aliphatic carbocycles. The highest BCUT2D eigenvalue weighted by Gasteiger charge is 2.22. The van der Waals surface area contributed by atoms with Crippen molar-refractivity contribution in [2.24, 2.45) is 0 Å². The second-order valence-corrected chi connectivity index (χ2v) is 5.33. The van der Waals surface area contributed by atoms with E-state index in [2.05, 4.69) is 25.6 Å². The Bertz CT molecular complexity index is 477. The molecule has 1 heterocycles. The van der Waals surface area contributed by atoms with Gasteiger partial charge in [0.15, 0.2) is 0 Å². The predicted molar refractivity (Wildman–Crippen MR) is 78.1 cm³/mol. The van der Waals surface area contributed by atoms with E-state index in [-0.39, 0.29) is 11.2 Å². The van der Waals surface area contributed by atoms with E-state index in [0.717, 1.165) is 19.3 Å². The normalized spacial score (nSPS) is 13.9. The van der Waals surface area contributed by atoms with Gasteiger partial charge in [0.25, 0.3) is 0 Å². The van der Waals surface area contributed by atoms with E-state index in [1.165, 1.54) is 0 Å². The number of nitrogens with one attached hydrogen (secondary N) is 2. The zero-order valence-corrected chi connectivity index (χ0v) is 12.4. The summed E-state index contributed by atoms with van der Waals surface area (Å²) in [4.78, 5) is 25.5. The third-order valence-electron chi connectivity index (χ3n) is 2.80. The van der Waals surface area contributed by atoms with Crippen LogP contribution in [0.5, 0.6) is 0 Å². The Labute approximate surface area is 123 Å². The molecule has 1 aromatic rings. The molecule has 1 fully saturated rings. The van der Waals surface area contributed by atoms with Crippen molar-refractivity contribution in [3.05, 3.63) is 5.28 Å². The van der Waals surface area contributed by atoms with Crippen molar-refractivity contribution >= 4 is 29.4 Å². The summed E-state index contributed by atoms with van der Waals surface area (Å²) in [5, 5.41) is 6.15. The zero-order valence-electron chi connectivity index (χ0n) is 11.7. The largest absolute Gasteiger partial charge is 0.354 e. The van der Waals surface area contributed by atoms with Crippen LogP contribution >= 0.6 is 11.6 Å². The molecular formula is C12H19ClN6O. The topological polar surface area (TPSA) is 83.0 Å². The minimum atomic E-state index is 0.108. The zero-order chi connectivity index (χ0) is 14.5. The molecule has 8 heteroatoms. The van der Waals surface area contributed by atoms with E-state index in [0.29, 0.717) is 30.9 Å². The lowest BCUT2D eigenvalue weighted by molar-refractivity contribution is -0.121. The summed E-state index contributed by atoms with van der Waals surface area (Å²) in [5.41, 5.74) is 0. The van der Waals surface area contributed by atoms with Crippen molar-refractivity contribution in [2.75, 3.05) is 30.9 Å². The van der Waals surface area contributed by atoms with Crippen LogP contribution in [-0.4, -0.2) is 47.5 Å². The van der Waals surface area contributed by atoms with Crippen LogP contribution in [-0.2, 0) is 4.79 Å². The second kappa shape index (κ2) is 6.69. The summed E-state index contributed by atoms with van der Waals surface area (Å²) in [7, 11) is 3.66. The molecule has 0 aliphatic heterocycles. The SMILES string of the molecule is CN(C)c1nc(Cl)nc(NCCCC(=O)NC2CC2)n1. The van der Waals surface area contributed by atoms with Crippen molar-refractivity contribution in [2.45, 2.75) is 31.7 Å². The first-order valence-corrected chi connectivity index (χ1v) is 7.04. The van der Waals surface area contributed by atoms with Gasteiger partial charge in [-0.25, -0.2) is 0 Å². The van der Waals surface area contributed by atoms with E-state index in [4.69, 9.17) is 11.6 Å². The van der Waals surface area contributed by atoms with Crippen molar-refractivity contribution in [3.8, 4) is 0 Å². The molecule has 0 aromatic carbocycles. The van der Waals surface area contributed by atoms with Gasteiger partial charge in [-0.3, -0.25) is 4.79 Å². The minimum absolute atomic E-state index is 0.108. The minimum Gasteiger partial charge on any atom is -0.354 e. The van der Waals surface area contributed by atoms with E-state index < -0.39 is 0 Å². The van der Waals surface area contributed by atoms with Gasteiger partial charge >= 0.3 is 0 Å². The second-order valence-electron chi connectivity index (χ2n) is 4.99. The Balaban J connectivity index is 1.74. The molecule has 0 radical (unpaired) electrons. The third kappa shape index (κ3) is 4.80. The van der Waals surface area contributed by atoms with Crippen molar-refractivity contribution < 1.29 is 4.79 Å². The molecule has 0 atom stereocenters. The van der Waals surface area contributed by atoms with Gasteiger partial charge in [0, 0.05) is 33.1 Å². The Morgan fingerprint density at radius 3 is 2.75 bits per heavy atom. The van der Waals surface area contributed by atoms with Gasteiger partial charge < -0.3 is 15.5 Å². The fraction of sp³-hybridized carbons (Fsp3) is 0.667. The van der Waals surface area contributed by atoms with Gasteiger partial charge in [0.2, 0.25) is 23.1 Å². The van der Waals surface area contributed by atoms with Crippen molar-refractivity contribution in [1.29, 1.82) is 0 Å². The molecule has 1 aromatic heterocycles. The Morgan fingerprint density at radius 2 is 2.10 bits per heavy atom. The molecule has 20 heavy (non-hydrogen) atoms. The lowest BCUT2D eigenvalue weighted by Crippen LogP contribution is -2.25. The Kier molecular flexibility index (Phi) is 4.94. The molecule has 1 aliphatic rings. The molecule has 1 amide bonds. The maximum Gasteiger partial charge on any atom is 0.230 e. The number of aromatic nitrogens is 3. The molecule has 1 saturated carbocycles. The molecule has 2 rings (SSSR count). The molecule has 0 saturated heterocycles. The summed E-state index contributed by atoms with van der Waals surface area (Å²) < 4.78 is 0. The predicted octanol–water partition coefficient (Wildman–Crippen LogP) is 1.06. The lowest BCUT2D eigenvalue weighted by atomic mass is 10.3. The lowest BCUT2D eigenvalue weighted by Gasteiger charge is -2.11. The quantitative estimate of drug-likeness (QED) is 0.733. The van der Waals surface area contributed by atoms with Gasteiger partial charge in [-0.05, 0) is 30.9 Å². The van der Waals surface area contributed by atoms with E-state index in [1.807, 2.05) is 14.1 Å². The highest BCUT2D eigenvalue weighted by molar-refractivity contribution is 6.28. The Hall–Kier alpha value is -1.63. The molecule has 110 valence electrons. The number of hydrogen-bond donors (Lipinski definition) is 2. The van der Waals surface area contributed by atoms with Crippen LogP contribution in [0.1, 0.15) is 25.7 Å². The number of nitrogens with zero attached hydrogens (tertiary/aromatic N) is 4. The highest BCUT2D eigenvalue weighted by atomic mass is 35.5. The summed E-state index contributed by atoms with van der Waals surface area (Å²) in [6.07, 6.45) is 3.45. The van der Waals surface area contributed by atoms with Crippen LogP contribution < -0.4 is 15.5 Å². The van der Waals surface area contributed by atoms with Crippen LogP contribution in [0.4, 0.5) is 11.9 Å². The van der Waals surface area contributed by atoms with Crippen LogP contribution in [0, 0.1) is 0 Å². The molecule has 0 bridgehead atoms. The smallest absolute Gasteiger partial charge is 0.230 e. The van der Waals surface area contributed by atoms with Crippen LogP contribution in [0.3, 0.4) is 0 Å². The fourth-order valence-electron chi connectivity index (χ4n) is 1.60. The summed E-state index contributed by atoms with van der Waals surface area (Å²) in [6.45, 7) is 0.616. The monoisotopic (exact) mass is 298 g/mol. The molecular weight excluding hydrogens is 280 g/mol. The third-order valence-corrected chi connectivity index (χ3v) is 2.97. The van der Waals surface area contributed by atoms with Gasteiger partial charge in [-0.1, -0.05) is 0 Å². The van der Waals surface area contributed by atoms with Gasteiger partial charge in [-0.2, -0.15) is 15.0 Å². The fourth-order valence-corrected chi connectivity index (χ4v) is 1.75. The first-order chi connectivity index (χ1) is 9.54. The van der Waals surface area contributed by atoms with Crippen LogP contribution in [0.15, 0.2) is 0 Å². The summed E-state index contributed by atoms with van der Waals surface area (Å²) >= 11 is 5.83. The molecule has 0 spiro atoms. The molecule has 7 nitrogen and oxygen atoms in total. The standard InChI is InChI=1S/C12H19ClN6O/c1-19(2)12-17-10(13)16-11(18-12)14-7-3-4-9(20)15-8-5-6-8/h8H,3-7H2,1-2H3,(H,15,20)(H,14,16,17,18). The van der Waals surface area contributed by atoms with Crippen molar-refractivity contribution in [3.63, 3.8) is 0 Å². The first-order valence-electron chi connectivity index (χ1n) is 6.67. The summed E-state index contributed by atoms with van der Waals surface area (Å²) in [6, 6.07) is 0.417. The number of anilines is 2. The van der Waals surface area contributed by atoms with E-state index >= 15 is 0 Å². The first kappa shape index (κ1) is 14.8. The van der Waals surface area contributed by atoms with Crippen LogP contribution in [0.2, 0.25) is 5.28 Å². The number of halogens is 1. The highest BCUT2D eigenvalue weighted by Crippen LogP contribution is 2.18. The maximum atomic E-state index is 11.5. The Morgan fingerprint density at radius 1 is 1.35 bits per heavy atom. The van der Waals surface area contributed by atoms with Crippen molar-refractivity contribution in [1.82, 2.24) is 20.3 Å². The average Bonchev–Trinajstić information content (AvgIpc) is 3.18. The number of rotatable bonds is 7. The number of carbonyl (C=O) groups is 1. The van der Waals surface area contributed by atoms with Gasteiger partial charge in [0.05, 0.1) is 0 Å². The summed E-state index contributed by atoms with van der Waals surface area (Å²) in [5.74, 6) is 1.03.